The standard InChI is InChI=1S/C22H19N5O2/c1-12-5-7-24-11-16(12)18-10-14-6-8-25-22(29)19(14)21(27-18)26-17-4-3-15(20(23)28)9-13(17)2/h3-11H,1-2H3,(H2,23,28)(H,25,29)(H,26,27). The molecule has 4 aromatic rings. The van der Waals surface area contributed by atoms with Crippen molar-refractivity contribution in [3.63, 3.8) is 0 Å². The highest BCUT2D eigenvalue weighted by molar-refractivity contribution is 5.96. The van der Waals surface area contributed by atoms with Gasteiger partial charge in [0.05, 0.1) is 11.1 Å². The molecule has 0 aliphatic rings. The van der Waals surface area contributed by atoms with Crippen LogP contribution in [0, 0.1) is 13.8 Å². The summed E-state index contributed by atoms with van der Waals surface area (Å²) in [6.07, 6.45) is 5.10. The van der Waals surface area contributed by atoms with Gasteiger partial charge in [-0.2, -0.15) is 0 Å². The van der Waals surface area contributed by atoms with E-state index in [1.54, 1.807) is 36.8 Å². The molecular weight excluding hydrogens is 366 g/mol. The molecule has 0 saturated heterocycles. The van der Waals surface area contributed by atoms with Crippen LogP contribution in [-0.4, -0.2) is 20.9 Å². The molecular formula is C22H19N5O2. The van der Waals surface area contributed by atoms with E-state index < -0.39 is 5.91 Å². The summed E-state index contributed by atoms with van der Waals surface area (Å²) in [4.78, 5) is 35.6. The Bertz CT molecular complexity index is 1310. The summed E-state index contributed by atoms with van der Waals surface area (Å²) in [6.45, 7) is 3.84. The number of nitrogens with zero attached hydrogens (tertiary/aromatic N) is 2. The number of nitrogens with two attached hydrogens (primary N) is 1. The Balaban J connectivity index is 1.90. The van der Waals surface area contributed by atoms with Crippen LogP contribution in [0.2, 0.25) is 0 Å². The predicted molar refractivity (Wildman–Crippen MR) is 113 cm³/mol. The van der Waals surface area contributed by atoms with Gasteiger partial charge < -0.3 is 16.0 Å². The maximum absolute atomic E-state index is 12.5. The highest BCUT2D eigenvalue weighted by Gasteiger charge is 2.14. The molecule has 0 atom stereocenters. The molecule has 3 aromatic heterocycles. The van der Waals surface area contributed by atoms with Gasteiger partial charge in [0.25, 0.3) is 5.56 Å². The number of pyridine rings is 3. The first kappa shape index (κ1) is 18.4. The first-order valence-corrected chi connectivity index (χ1v) is 9.05. The Labute approximate surface area is 166 Å². The van der Waals surface area contributed by atoms with Crippen molar-refractivity contribution in [2.45, 2.75) is 13.8 Å². The number of aromatic nitrogens is 3. The van der Waals surface area contributed by atoms with Crippen molar-refractivity contribution in [2.24, 2.45) is 5.73 Å². The van der Waals surface area contributed by atoms with Gasteiger partial charge in [0.15, 0.2) is 0 Å². The van der Waals surface area contributed by atoms with Gasteiger partial charge in [0, 0.05) is 35.4 Å². The third-order valence-corrected chi connectivity index (χ3v) is 4.83. The van der Waals surface area contributed by atoms with E-state index in [4.69, 9.17) is 10.7 Å². The lowest BCUT2D eigenvalue weighted by Crippen LogP contribution is -2.12. The average molecular weight is 385 g/mol. The topological polar surface area (TPSA) is 114 Å². The minimum Gasteiger partial charge on any atom is -0.366 e. The molecule has 3 heterocycles. The van der Waals surface area contributed by atoms with E-state index in [2.05, 4.69) is 15.3 Å². The van der Waals surface area contributed by atoms with Crippen LogP contribution in [0.5, 0.6) is 0 Å². The van der Waals surface area contributed by atoms with E-state index in [0.29, 0.717) is 22.5 Å². The molecule has 7 heteroatoms. The predicted octanol–water partition coefficient (Wildman–Crippen LogP) is 3.44. The fraction of sp³-hybridized carbons (Fsp3) is 0.0909. The van der Waals surface area contributed by atoms with Crippen LogP contribution in [0.15, 0.2) is 59.8 Å². The molecule has 0 bridgehead atoms. The summed E-state index contributed by atoms with van der Waals surface area (Å²) >= 11 is 0. The maximum Gasteiger partial charge on any atom is 0.259 e. The first-order chi connectivity index (χ1) is 13.9. The Morgan fingerprint density at radius 3 is 2.66 bits per heavy atom. The number of carbonyl (C=O) groups excluding carboxylic acids is 1. The second-order valence-electron chi connectivity index (χ2n) is 6.84. The fourth-order valence-electron chi connectivity index (χ4n) is 3.26. The van der Waals surface area contributed by atoms with Gasteiger partial charge in [-0.1, -0.05) is 0 Å². The van der Waals surface area contributed by atoms with Crippen molar-refractivity contribution >= 4 is 28.2 Å². The number of nitrogens with one attached hydrogen (secondary N) is 2. The van der Waals surface area contributed by atoms with Crippen LogP contribution in [0.4, 0.5) is 11.5 Å². The van der Waals surface area contributed by atoms with Crippen LogP contribution < -0.4 is 16.6 Å². The van der Waals surface area contributed by atoms with Crippen molar-refractivity contribution < 1.29 is 4.79 Å². The molecule has 0 unspecified atom stereocenters. The fourth-order valence-corrected chi connectivity index (χ4v) is 3.26. The highest BCUT2D eigenvalue weighted by atomic mass is 16.1. The van der Waals surface area contributed by atoms with Crippen LogP contribution >= 0.6 is 0 Å². The normalized spacial score (nSPS) is 10.8. The van der Waals surface area contributed by atoms with E-state index in [0.717, 1.165) is 27.8 Å². The third kappa shape index (κ3) is 3.45. The Kier molecular flexibility index (Phi) is 4.56. The number of carbonyl (C=O) groups is 1. The largest absolute Gasteiger partial charge is 0.366 e. The van der Waals surface area contributed by atoms with Crippen molar-refractivity contribution in [1.82, 2.24) is 15.0 Å². The summed E-state index contributed by atoms with van der Waals surface area (Å²) in [5.74, 6) is -0.0637. The average Bonchev–Trinajstić information content (AvgIpc) is 2.69. The van der Waals surface area contributed by atoms with Crippen LogP contribution in [-0.2, 0) is 0 Å². The zero-order valence-corrected chi connectivity index (χ0v) is 16.0. The van der Waals surface area contributed by atoms with Crippen molar-refractivity contribution in [3.8, 4) is 11.3 Å². The molecule has 1 amide bonds. The summed E-state index contributed by atoms with van der Waals surface area (Å²) in [5.41, 5.74) is 9.71. The van der Waals surface area contributed by atoms with E-state index in [9.17, 15) is 9.59 Å². The van der Waals surface area contributed by atoms with Gasteiger partial charge in [-0.3, -0.25) is 14.6 Å². The third-order valence-electron chi connectivity index (χ3n) is 4.83. The van der Waals surface area contributed by atoms with Crippen LogP contribution in [0.25, 0.3) is 22.0 Å². The van der Waals surface area contributed by atoms with Crippen molar-refractivity contribution in [3.05, 3.63) is 82.0 Å². The number of hydrogen-bond donors (Lipinski definition) is 3. The van der Waals surface area contributed by atoms with Gasteiger partial charge in [-0.25, -0.2) is 4.98 Å². The van der Waals surface area contributed by atoms with E-state index in [1.165, 1.54) is 0 Å². The minimum atomic E-state index is -0.492. The van der Waals surface area contributed by atoms with Gasteiger partial charge in [0.1, 0.15) is 5.82 Å². The number of primary amides is 1. The van der Waals surface area contributed by atoms with Gasteiger partial charge in [-0.05, 0) is 66.8 Å². The molecule has 1 aromatic carbocycles. The number of benzene rings is 1. The SMILES string of the molecule is Cc1cc(C(N)=O)ccc1Nc1nc(-c2cnccc2C)cc2cc[nH]c(=O)c12. The second kappa shape index (κ2) is 7.20. The monoisotopic (exact) mass is 385 g/mol. The smallest absolute Gasteiger partial charge is 0.259 e. The number of rotatable bonds is 4. The van der Waals surface area contributed by atoms with E-state index >= 15 is 0 Å². The number of amides is 1. The van der Waals surface area contributed by atoms with Crippen molar-refractivity contribution in [2.75, 3.05) is 5.32 Å². The number of anilines is 2. The molecule has 0 fully saturated rings. The summed E-state index contributed by atoms with van der Waals surface area (Å²) in [5, 5.41) is 4.46. The van der Waals surface area contributed by atoms with E-state index in [-0.39, 0.29) is 5.56 Å². The Morgan fingerprint density at radius 1 is 1.10 bits per heavy atom. The van der Waals surface area contributed by atoms with Crippen molar-refractivity contribution in [1.29, 1.82) is 0 Å². The lowest BCUT2D eigenvalue weighted by molar-refractivity contribution is 0.1000. The molecule has 4 N–H and O–H groups in total. The molecule has 4 rings (SSSR count). The number of fused-ring (bicyclic) bond motifs is 1. The molecule has 0 aliphatic heterocycles. The van der Waals surface area contributed by atoms with Crippen LogP contribution in [0.1, 0.15) is 21.5 Å². The molecule has 0 saturated carbocycles. The van der Waals surface area contributed by atoms with Gasteiger partial charge >= 0.3 is 0 Å². The Morgan fingerprint density at radius 2 is 1.93 bits per heavy atom. The first-order valence-electron chi connectivity index (χ1n) is 9.05. The summed E-state index contributed by atoms with van der Waals surface area (Å²) in [6, 6.07) is 10.7. The molecule has 144 valence electrons. The number of hydrogen-bond acceptors (Lipinski definition) is 5. The molecule has 0 aliphatic carbocycles. The lowest BCUT2D eigenvalue weighted by Gasteiger charge is -2.14. The summed E-state index contributed by atoms with van der Waals surface area (Å²) < 4.78 is 0. The quantitative estimate of drug-likeness (QED) is 0.498. The lowest BCUT2D eigenvalue weighted by atomic mass is 10.1. The zero-order chi connectivity index (χ0) is 20.5. The van der Waals surface area contributed by atoms with Gasteiger partial charge in [0.2, 0.25) is 5.91 Å². The highest BCUT2D eigenvalue weighted by Crippen LogP contribution is 2.30. The maximum atomic E-state index is 12.5. The van der Waals surface area contributed by atoms with Gasteiger partial charge in [-0.15, -0.1) is 0 Å². The van der Waals surface area contributed by atoms with E-state index in [1.807, 2.05) is 32.0 Å². The molecule has 0 spiro atoms. The summed E-state index contributed by atoms with van der Waals surface area (Å²) in [7, 11) is 0. The minimum absolute atomic E-state index is 0.238. The van der Waals surface area contributed by atoms with Crippen LogP contribution in [0.3, 0.4) is 0 Å². The Hall–Kier alpha value is -4.00. The molecule has 0 radical (unpaired) electrons. The number of H-pyrrole nitrogens is 1. The number of aryl methyl sites for hydroxylation is 2. The second-order valence-corrected chi connectivity index (χ2v) is 6.84. The molecule has 7 nitrogen and oxygen atoms in total. The molecule has 29 heavy (non-hydrogen) atoms. The zero-order valence-electron chi connectivity index (χ0n) is 16.0. The number of aromatic amines is 1.